The molecule has 0 atom stereocenters. The summed E-state index contributed by atoms with van der Waals surface area (Å²) in [4.78, 5) is 42.5. The van der Waals surface area contributed by atoms with Gasteiger partial charge < -0.3 is 20.4 Å². The largest absolute Gasteiger partial charge is 0.481 e. The molecule has 0 aliphatic rings. The molecule has 10 heteroatoms. The van der Waals surface area contributed by atoms with Crippen molar-refractivity contribution in [2.75, 3.05) is 37.0 Å². The summed E-state index contributed by atoms with van der Waals surface area (Å²) < 4.78 is 0. The molecule has 0 radical (unpaired) electrons. The third-order valence-electron chi connectivity index (χ3n) is 2.17. The lowest BCUT2D eigenvalue weighted by atomic mass is 10.8. The fourth-order valence-corrected chi connectivity index (χ4v) is 6.13. The summed E-state index contributed by atoms with van der Waals surface area (Å²) in [5, 5.41) is 34.8. The lowest BCUT2D eigenvalue weighted by Gasteiger charge is -2.18. The fraction of sp³-hybridized carbons (Fsp3) is 0.600. The highest BCUT2D eigenvalue weighted by Gasteiger charge is 2.21. The maximum absolute atomic E-state index is 10.6. The molecule has 0 spiro atoms. The molecule has 0 saturated carbocycles. The Balaban J connectivity index is 4.49. The monoisotopic (exact) mass is 326 g/mol. The van der Waals surface area contributed by atoms with Gasteiger partial charge in [-0.25, -0.2) is 0 Å². The molecule has 0 bridgehead atoms. The van der Waals surface area contributed by atoms with E-state index in [-0.39, 0.29) is 37.0 Å². The minimum absolute atomic E-state index is 0.259. The molecule has 20 heavy (non-hydrogen) atoms. The van der Waals surface area contributed by atoms with Crippen LogP contribution in [0.15, 0.2) is 0 Å². The van der Waals surface area contributed by atoms with Crippen LogP contribution in [0.1, 0.15) is 0 Å². The van der Waals surface area contributed by atoms with E-state index in [1.165, 1.54) is 0 Å². The number of carboxylic acid groups (broad SMARTS) is 4. The molecular formula is C10H16O8P2. The normalized spacial score (nSPS) is 10.7. The Hall–Kier alpha value is -1.26. The minimum atomic E-state index is -1.29. The summed E-state index contributed by atoms with van der Waals surface area (Å²) in [6.45, 7) is 0. The SMILES string of the molecule is O=C(O)CP(CCP(CC(=O)O)CC(=O)O)CC(=O)O. The Morgan fingerprint density at radius 2 is 0.750 bits per heavy atom. The van der Waals surface area contributed by atoms with Crippen LogP contribution < -0.4 is 0 Å². The van der Waals surface area contributed by atoms with Gasteiger partial charge in [-0.1, -0.05) is 15.8 Å². The standard InChI is InChI=1S/C10H16O8P2/c11-7(12)3-19(4-8(13)14)1-2-20(5-9(15)16)6-10(17)18/h1-6H2,(H,11,12)(H,13,14)(H,15,16)(H,17,18). The number of aliphatic carboxylic acids is 4. The van der Waals surface area contributed by atoms with Crippen LogP contribution in [0.25, 0.3) is 0 Å². The third kappa shape index (κ3) is 10.6. The first-order chi connectivity index (χ1) is 9.20. The van der Waals surface area contributed by atoms with E-state index in [0.29, 0.717) is 0 Å². The molecule has 0 unspecified atom stereocenters. The second kappa shape index (κ2) is 9.61. The van der Waals surface area contributed by atoms with Crippen molar-refractivity contribution >= 4 is 39.7 Å². The van der Waals surface area contributed by atoms with E-state index < -0.39 is 39.7 Å². The quantitative estimate of drug-likeness (QED) is 0.396. The summed E-state index contributed by atoms with van der Waals surface area (Å²) >= 11 is 0. The molecule has 0 aromatic rings. The van der Waals surface area contributed by atoms with Gasteiger partial charge >= 0.3 is 23.9 Å². The van der Waals surface area contributed by atoms with Crippen molar-refractivity contribution < 1.29 is 39.6 Å². The first kappa shape index (κ1) is 18.7. The average molecular weight is 326 g/mol. The molecule has 0 heterocycles. The average Bonchev–Trinajstić information content (AvgIpc) is 2.22. The Morgan fingerprint density at radius 1 is 0.550 bits per heavy atom. The predicted molar refractivity (Wildman–Crippen MR) is 73.6 cm³/mol. The van der Waals surface area contributed by atoms with Crippen molar-refractivity contribution in [1.29, 1.82) is 0 Å². The third-order valence-corrected chi connectivity index (χ3v) is 7.10. The van der Waals surface area contributed by atoms with Gasteiger partial charge in [0.15, 0.2) is 0 Å². The van der Waals surface area contributed by atoms with Crippen LogP contribution in [0, 0.1) is 0 Å². The second-order valence-corrected chi connectivity index (χ2v) is 8.84. The van der Waals surface area contributed by atoms with Gasteiger partial charge in [-0.2, -0.15) is 0 Å². The van der Waals surface area contributed by atoms with Crippen LogP contribution in [0.5, 0.6) is 0 Å². The summed E-state index contributed by atoms with van der Waals surface area (Å²) in [6, 6.07) is 0. The number of carbonyl (C=O) groups is 4. The van der Waals surface area contributed by atoms with Crippen molar-refractivity contribution in [2.24, 2.45) is 0 Å². The van der Waals surface area contributed by atoms with Crippen molar-refractivity contribution in [3.05, 3.63) is 0 Å². The lowest BCUT2D eigenvalue weighted by Crippen LogP contribution is -2.15. The predicted octanol–water partition coefficient (Wildman–Crippen LogP) is 0.289. The molecule has 0 aliphatic heterocycles. The van der Waals surface area contributed by atoms with Crippen LogP contribution in [0.2, 0.25) is 0 Å². The fourth-order valence-electron chi connectivity index (χ4n) is 1.48. The van der Waals surface area contributed by atoms with E-state index in [9.17, 15) is 19.2 Å². The van der Waals surface area contributed by atoms with Crippen LogP contribution in [0.3, 0.4) is 0 Å². The van der Waals surface area contributed by atoms with Gasteiger partial charge in [-0.05, 0) is 12.3 Å². The van der Waals surface area contributed by atoms with E-state index >= 15 is 0 Å². The van der Waals surface area contributed by atoms with Crippen molar-refractivity contribution in [3.8, 4) is 0 Å². The summed E-state index contributed by atoms with van der Waals surface area (Å²) in [5.41, 5.74) is 0. The molecule has 0 amide bonds. The molecule has 114 valence electrons. The number of rotatable bonds is 11. The first-order valence-electron chi connectivity index (χ1n) is 5.52. The van der Waals surface area contributed by atoms with E-state index in [1.807, 2.05) is 0 Å². The van der Waals surface area contributed by atoms with Crippen molar-refractivity contribution in [3.63, 3.8) is 0 Å². The van der Waals surface area contributed by atoms with Gasteiger partial charge in [0.2, 0.25) is 0 Å². The van der Waals surface area contributed by atoms with Gasteiger partial charge in [0, 0.05) is 0 Å². The first-order valence-corrected chi connectivity index (χ1v) is 9.32. The van der Waals surface area contributed by atoms with Crippen molar-refractivity contribution in [1.82, 2.24) is 0 Å². The summed E-state index contributed by atoms with van der Waals surface area (Å²) in [5.74, 6) is -4.40. The molecule has 0 rings (SSSR count). The van der Waals surface area contributed by atoms with Gasteiger partial charge in [-0.15, -0.1) is 0 Å². The van der Waals surface area contributed by atoms with E-state index in [4.69, 9.17) is 20.4 Å². The minimum Gasteiger partial charge on any atom is -0.481 e. The van der Waals surface area contributed by atoms with E-state index in [1.54, 1.807) is 0 Å². The zero-order valence-electron chi connectivity index (χ0n) is 10.6. The number of hydrogen-bond donors (Lipinski definition) is 4. The Labute approximate surface area is 117 Å². The van der Waals surface area contributed by atoms with Gasteiger partial charge in [0.1, 0.15) is 0 Å². The lowest BCUT2D eigenvalue weighted by molar-refractivity contribution is -0.135. The maximum atomic E-state index is 10.6. The molecule has 0 aromatic heterocycles. The Kier molecular flexibility index (Phi) is 9.01. The number of carboxylic acids is 4. The molecule has 0 saturated heterocycles. The maximum Gasteiger partial charge on any atom is 0.307 e. The van der Waals surface area contributed by atoms with Gasteiger partial charge in [0.25, 0.3) is 0 Å². The highest BCUT2D eigenvalue weighted by molar-refractivity contribution is 7.63. The topological polar surface area (TPSA) is 149 Å². The second-order valence-electron chi connectivity index (χ2n) is 4.00. The smallest absolute Gasteiger partial charge is 0.307 e. The summed E-state index contributed by atoms with van der Waals surface area (Å²) in [7, 11) is -2.58. The van der Waals surface area contributed by atoms with Crippen LogP contribution in [-0.2, 0) is 19.2 Å². The molecule has 0 fully saturated rings. The highest BCUT2D eigenvalue weighted by Crippen LogP contribution is 2.42. The molecule has 4 N–H and O–H groups in total. The zero-order valence-corrected chi connectivity index (χ0v) is 12.3. The van der Waals surface area contributed by atoms with Crippen LogP contribution >= 0.6 is 15.8 Å². The van der Waals surface area contributed by atoms with Crippen LogP contribution in [0.4, 0.5) is 0 Å². The molecule has 8 nitrogen and oxygen atoms in total. The van der Waals surface area contributed by atoms with Gasteiger partial charge in [0.05, 0.1) is 24.6 Å². The van der Waals surface area contributed by atoms with E-state index in [0.717, 1.165) is 0 Å². The Bertz CT molecular complexity index is 315. The van der Waals surface area contributed by atoms with E-state index in [2.05, 4.69) is 0 Å². The Morgan fingerprint density at radius 3 is 0.900 bits per heavy atom. The summed E-state index contributed by atoms with van der Waals surface area (Å²) in [6.07, 6.45) is -0.508. The number of hydrogen-bond acceptors (Lipinski definition) is 4. The zero-order chi connectivity index (χ0) is 15.7. The molecule has 0 aromatic carbocycles. The van der Waals surface area contributed by atoms with Crippen molar-refractivity contribution in [2.45, 2.75) is 0 Å². The molecule has 0 aliphatic carbocycles. The van der Waals surface area contributed by atoms with Crippen LogP contribution in [-0.4, -0.2) is 81.3 Å². The highest BCUT2D eigenvalue weighted by atomic mass is 31.1. The van der Waals surface area contributed by atoms with Gasteiger partial charge in [-0.3, -0.25) is 19.2 Å². The molecular weight excluding hydrogens is 310 g/mol.